The monoisotopic (exact) mass is 323 g/mol. The summed E-state index contributed by atoms with van der Waals surface area (Å²) in [6.45, 7) is 2.29. The molecule has 0 unspecified atom stereocenters. The molecule has 5 nitrogen and oxygen atoms in total. The quantitative estimate of drug-likeness (QED) is 0.799. The second-order valence-electron chi connectivity index (χ2n) is 4.06. The summed E-state index contributed by atoms with van der Waals surface area (Å²) in [5.41, 5.74) is 1.32. The van der Waals surface area contributed by atoms with Gasteiger partial charge in [-0.05, 0) is 23.8 Å². The van der Waals surface area contributed by atoms with Crippen molar-refractivity contribution in [1.82, 2.24) is 15.1 Å². The van der Waals surface area contributed by atoms with Gasteiger partial charge in [-0.2, -0.15) is 5.10 Å². The zero-order valence-corrected chi connectivity index (χ0v) is 11.8. The first-order chi connectivity index (χ1) is 9.16. The first-order valence-electron chi connectivity index (χ1n) is 5.86. The Labute approximate surface area is 119 Å². The van der Waals surface area contributed by atoms with Crippen molar-refractivity contribution in [3.63, 3.8) is 0 Å². The van der Waals surface area contributed by atoms with Crippen LogP contribution < -0.4 is 5.32 Å². The Morgan fingerprint density at radius 2 is 2.32 bits per heavy atom. The van der Waals surface area contributed by atoms with Gasteiger partial charge in [-0.25, -0.2) is 4.79 Å². The normalized spacial score (nSPS) is 10.6. The third-order valence-corrected chi connectivity index (χ3v) is 3.43. The number of nitrogens with zero attached hydrogens (tertiary/aromatic N) is 2. The van der Waals surface area contributed by atoms with Crippen LogP contribution in [0.1, 0.15) is 15.9 Å². The van der Waals surface area contributed by atoms with Gasteiger partial charge in [0.15, 0.2) is 0 Å². The van der Waals surface area contributed by atoms with Crippen LogP contribution in [0.3, 0.4) is 0 Å². The van der Waals surface area contributed by atoms with Crippen LogP contribution in [-0.4, -0.2) is 27.4 Å². The first kappa shape index (κ1) is 13.8. The molecule has 0 radical (unpaired) electrons. The molecule has 0 saturated heterocycles. The number of carboxylic acid groups (broad SMARTS) is 1. The third kappa shape index (κ3) is 3.90. The van der Waals surface area contributed by atoms with E-state index in [1.54, 1.807) is 18.3 Å². The third-order valence-electron chi connectivity index (χ3n) is 2.69. The second-order valence-corrected chi connectivity index (χ2v) is 4.91. The smallest absolute Gasteiger partial charge is 0.335 e. The average molecular weight is 324 g/mol. The van der Waals surface area contributed by atoms with Crippen LogP contribution in [0.5, 0.6) is 0 Å². The molecule has 1 aromatic carbocycles. The Balaban J connectivity index is 1.84. The minimum absolute atomic E-state index is 0.284. The predicted octanol–water partition coefficient (Wildman–Crippen LogP) is 2.13. The molecule has 0 spiro atoms. The van der Waals surface area contributed by atoms with E-state index in [2.05, 4.69) is 26.3 Å². The van der Waals surface area contributed by atoms with Gasteiger partial charge in [0.05, 0.1) is 12.1 Å². The number of aromatic carboxylic acids is 1. The van der Waals surface area contributed by atoms with Crippen molar-refractivity contribution < 1.29 is 9.90 Å². The van der Waals surface area contributed by atoms with Crippen LogP contribution in [0.25, 0.3) is 0 Å². The fourth-order valence-electron chi connectivity index (χ4n) is 1.67. The molecular weight excluding hydrogens is 310 g/mol. The molecule has 19 heavy (non-hydrogen) atoms. The zero-order valence-electron chi connectivity index (χ0n) is 10.2. The summed E-state index contributed by atoms with van der Waals surface area (Å²) in [5, 5.41) is 16.3. The number of carboxylic acids is 1. The molecule has 0 bridgehead atoms. The Bertz CT molecular complexity index is 555. The van der Waals surface area contributed by atoms with Crippen molar-refractivity contribution >= 4 is 21.9 Å². The Morgan fingerprint density at radius 1 is 1.47 bits per heavy atom. The van der Waals surface area contributed by atoms with Crippen LogP contribution in [0.4, 0.5) is 0 Å². The summed E-state index contributed by atoms with van der Waals surface area (Å²) in [5.74, 6) is -0.918. The van der Waals surface area contributed by atoms with Crippen LogP contribution in [0.15, 0.2) is 41.1 Å². The molecule has 0 fully saturated rings. The maximum atomic E-state index is 10.8. The summed E-state index contributed by atoms with van der Waals surface area (Å²) >= 11 is 3.39. The van der Waals surface area contributed by atoms with E-state index in [0.29, 0.717) is 6.54 Å². The minimum Gasteiger partial charge on any atom is -0.478 e. The lowest BCUT2D eigenvalue weighted by atomic mass is 10.1. The molecule has 0 amide bonds. The highest BCUT2D eigenvalue weighted by Crippen LogP contribution is 2.18. The molecule has 2 rings (SSSR count). The molecule has 1 aromatic heterocycles. The fourth-order valence-corrected chi connectivity index (χ4v) is 2.19. The second kappa shape index (κ2) is 6.49. The van der Waals surface area contributed by atoms with Gasteiger partial charge in [-0.1, -0.05) is 22.0 Å². The van der Waals surface area contributed by atoms with Crippen molar-refractivity contribution in [2.45, 2.75) is 13.1 Å². The van der Waals surface area contributed by atoms with Crippen LogP contribution in [0.2, 0.25) is 0 Å². The maximum Gasteiger partial charge on any atom is 0.335 e. The molecule has 6 heteroatoms. The van der Waals surface area contributed by atoms with Crippen molar-refractivity contribution in [1.29, 1.82) is 0 Å². The Kier molecular flexibility index (Phi) is 4.70. The van der Waals surface area contributed by atoms with Gasteiger partial charge in [0.2, 0.25) is 0 Å². The Hall–Kier alpha value is -1.66. The van der Waals surface area contributed by atoms with Gasteiger partial charge in [0.1, 0.15) is 0 Å². The lowest BCUT2D eigenvalue weighted by molar-refractivity contribution is 0.0697. The minimum atomic E-state index is -0.918. The number of aromatic nitrogens is 2. The van der Waals surface area contributed by atoms with E-state index in [0.717, 1.165) is 23.1 Å². The van der Waals surface area contributed by atoms with Crippen molar-refractivity contribution in [2.75, 3.05) is 6.54 Å². The molecule has 0 atom stereocenters. The number of hydrogen-bond acceptors (Lipinski definition) is 3. The lowest BCUT2D eigenvalue weighted by Gasteiger charge is -2.08. The first-order valence-corrected chi connectivity index (χ1v) is 6.66. The Morgan fingerprint density at radius 3 is 2.95 bits per heavy atom. The molecular formula is C13H14BrN3O2. The summed E-state index contributed by atoms with van der Waals surface area (Å²) in [6.07, 6.45) is 3.67. The van der Waals surface area contributed by atoms with Gasteiger partial charge < -0.3 is 10.4 Å². The number of nitrogens with one attached hydrogen (secondary N) is 1. The van der Waals surface area contributed by atoms with E-state index >= 15 is 0 Å². The standard InChI is InChI=1S/C13H14BrN3O2/c14-12-8-10(13(18)19)2-3-11(12)9-15-5-7-17-6-1-4-16-17/h1-4,6,8,15H,5,7,9H2,(H,18,19). The lowest BCUT2D eigenvalue weighted by Crippen LogP contribution is -2.20. The fraction of sp³-hybridized carbons (Fsp3) is 0.231. The SMILES string of the molecule is O=C(O)c1ccc(CNCCn2cccn2)c(Br)c1. The highest BCUT2D eigenvalue weighted by atomic mass is 79.9. The van der Waals surface area contributed by atoms with E-state index in [1.807, 2.05) is 23.0 Å². The van der Waals surface area contributed by atoms with Gasteiger partial charge >= 0.3 is 5.97 Å². The summed E-state index contributed by atoms with van der Waals surface area (Å²) in [7, 11) is 0. The predicted molar refractivity (Wildman–Crippen MR) is 75.0 cm³/mol. The van der Waals surface area contributed by atoms with Gasteiger partial charge in [-0.15, -0.1) is 0 Å². The summed E-state index contributed by atoms with van der Waals surface area (Å²) < 4.78 is 2.66. The summed E-state index contributed by atoms with van der Waals surface area (Å²) in [4.78, 5) is 10.8. The largest absolute Gasteiger partial charge is 0.478 e. The van der Waals surface area contributed by atoms with Crippen molar-refractivity contribution in [3.05, 3.63) is 52.3 Å². The van der Waals surface area contributed by atoms with Gasteiger partial charge in [0.25, 0.3) is 0 Å². The van der Waals surface area contributed by atoms with Crippen LogP contribution in [0, 0.1) is 0 Å². The molecule has 0 aliphatic heterocycles. The molecule has 1 heterocycles. The molecule has 0 saturated carbocycles. The molecule has 100 valence electrons. The highest BCUT2D eigenvalue weighted by Gasteiger charge is 2.06. The molecule has 2 N–H and O–H groups in total. The average Bonchev–Trinajstić information content (AvgIpc) is 2.89. The van der Waals surface area contributed by atoms with E-state index in [1.165, 1.54) is 0 Å². The number of carbonyl (C=O) groups is 1. The van der Waals surface area contributed by atoms with Crippen molar-refractivity contribution in [3.8, 4) is 0 Å². The topological polar surface area (TPSA) is 67.2 Å². The molecule has 0 aliphatic carbocycles. The van der Waals surface area contributed by atoms with Crippen LogP contribution in [-0.2, 0) is 13.1 Å². The van der Waals surface area contributed by atoms with E-state index < -0.39 is 5.97 Å². The van der Waals surface area contributed by atoms with Gasteiger partial charge in [0, 0.05) is 30.0 Å². The maximum absolute atomic E-state index is 10.8. The van der Waals surface area contributed by atoms with E-state index in [9.17, 15) is 4.79 Å². The number of hydrogen-bond donors (Lipinski definition) is 2. The number of benzene rings is 1. The zero-order chi connectivity index (χ0) is 13.7. The van der Waals surface area contributed by atoms with Gasteiger partial charge in [-0.3, -0.25) is 4.68 Å². The molecule has 0 aliphatic rings. The van der Waals surface area contributed by atoms with Crippen molar-refractivity contribution in [2.24, 2.45) is 0 Å². The van der Waals surface area contributed by atoms with E-state index in [4.69, 9.17) is 5.11 Å². The van der Waals surface area contributed by atoms with E-state index in [-0.39, 0.29) is 5.56 Å². The number of halogens is 1. The highest BCUT2D eigenvalue weighted by molar-refractivity contribution is 9.10. The number of rotatable bonds is 6. The summed E-state index contributed by atoms with van der Waals surface area (Å²) in [6, 6.07) is 6.93. The van der Waals surface area contributed by atoms with Crippen LogP contribution >= 0.6 is 15.9 Å². The molecule has 2 aromatic rings.